The van der Waals surface area contributed by atoms with Crippen LogP contribution >= 0.6 is 0 Å². The number of rotatable bonds is 4. The second kappa shape index (κ2) is 6.28. The first-order valence-corrected chi connectivity index (χ1v) is 7.44. The summed E-state index contributed by atoms with van der Waals surface area (Å²) in [5.41, 5.74) is 1.96. The molecule has 1 heterocycles. The Kier molecular flexibility index (Phi) is 4.19. The molecule has 5 nitrogen and oxygen atoms in total. The molecule has 0 bridgehead atoms. The molecule has 0 aliphatic carbocycles. The second-order valence-electron chi connectivity index (χ2n) is 5.38. The Hall–Kier alpha value is -2.56. The van der Waals surface area contributed by atoms with E-state index in [0.717, 1.165) is 35.5 Å². The van der Waals surface area contributed by atoms with Crippen LogP contribution < -0.4 is 18.9 Å². The lowest BCUT2D eigenvalue weighted by Crippen LogP contribution is -2.16. The van der Waals surface area contributed by atoms with Crippen molar-refractivity contribution in [3.05, 3.63) is 41.5 Å². The molecule has 0 saturated heterocycles. The first kappa shape index (κ1) is 15.3. The molecule has 0 saturated carbocycles. The molecule has 3 rings (SSSR count). The Morgan fingerprint density at radius 3 is 2.48 bits per heavy atom. The summed E-state index contributed by atoms with van der Waals surface area (Å²) in [4.78, 5) is 0. The molecule has 122 valence electrons. The van der Waals surface area contributed by atoms with Crippen LogP contribution in [0.15, 0.2) is 30.3 Å². The van der Waals surface area contributed by atoms with Crippen molar-refractivity contribution in [3.8, 4) is 28.7 Å². The third kappa shape index (κ3) is 2.86. The van der Waals surface area contributed by atoms with Gasteiger partial charge in [-0.3, -0.25) is 0 Å². The van der Waals surface area contributed by atoms with Crippen molar-refractivity contribution in [2.24, 2.45) is 0 Å². The number of hydrogen-bond donors (Lipinski definition) is 1. The predicted molar refractivity (Wildman–Crippen MR) is 85.9 cm³/mol. The lowest BCUT2D eigenvalue weighted by atomic mass is 9.96. The molecule has 2 aromatic carbocycles. The van der Waals surface area contributed by atoms with Crippen LogP contribution in [-0.2, 0) is 6.42 Å². The zero-order chi connectivity index (χ0) is 16.4. The van der Waals surface area contributed by atoms with Crippen LogP contribution in [0, 0.1) is 0 Å². The molecule has 0 fully saturated rings. The van der Waals surface area contributed by atoms with Crippen LogP contribution in [-0.4, -0.2) is 26.4 Å². The Labute approximate surface area is 135 Å². The van der Waals surface area contributed by atoms with Crippen molar-refractivity contribution in [2.45, 2.75) is 18.9 Å². The molecule has 0 radical (unpaired) electrons. The molecule has 1 atom stereocenters. The highest BCUT2D eigenvalue weighted by Gasteiger charge is 2.27. The minimum atomic E-state index is -0.144. The van der Waals surface area contributed by atoms with Crippen molar-refractivity contribution < 1.29 is 24.1 Å². The Morgan fingerprint density at radius 2 is 1.78 bits per heavy atom. The van der Waals surface area contributed by atoms with Gasteiger partial charge in [0.05, 0.1) is 21.3 Å². The fourth-order valence-corrected chi connectivity index (χ4v) is 2.92. The minimum Gasteiger partial charge on any atom is -0.508 e. The van der Waals surface area contributed by atoms with Gasteiger partial charge in [-0.1, -0.05) is 0 Å². The zero-order valence-electron chi connectivity index (χ0n) is 13.5. The van der Waals surface area contributed by atoms with E-state index in [2.05, 4.69) is 0 Å². The molecule has 1 aliphatic heterocycles. The Balaban J connectivity index is 1.97. The summed E-state index contributed by atoms with van der Waals surface area (Å²) < 4.78 is 22.3. The highest BCUT2D eigenvalue weighted by atomic mass is 16.5. The van der Waals surface area contributed by atoms with Gasteiger partial charge >= 0.3 is 0 Å². The molecule has 0 spiro atoms. The average molecular weight is 316 g/mol. The maximum absolute atomic E-state index is 9.61. The standard InChI is InChI=1S/C18H20O5/c1-20-12-9-17(22-3)14-6-7-15(23-18(14)10-12)13-5-4-11(19)8-16(13)21-2/h4-5,8-10,15,19H,6-7H2,1-3H3. The number of methoxy groups -OCH3 is 3. The fraction of sp³-hybridized carbons (Fsp3) is 0.333. The number of benzene rings is 2. The highest BCUT2D eigenvalue weighted by molar-refractivity contribution is 5.52. The van der Waals surface area contributed by atoms with E-state index in [4.69, 9.17) is 18.9 Å². The lowest BCUT2D eigenvalue weighted by molar-refractivity contribution is 0.169. The molecular formula is C18H20O5. The minimum absolute atomic E-state index is 0.144. The average Bonchev–Trinajstić information content (AvgIpc) is 2.59. The fourth-order valence-electron chi connectivity index (χ4n) is 2.92. The summed E-state index contributed by atoms with van der Waals surface area (Å²) in [6.07, 6.45) is 1.49. The van der Waals surface area contributed by atoms with Gasteiger partial charge in [0.25, 0.3) is 0 Å². The van der Waals surface area contributed by atoms with Crippen molar-refractivity contribution in [1.82, 2.24) is 0 Å². The van der Waals surface area contributed by atoms with Crippen molar-refractivity contribution in [2.75, 3.05) is 21.3 Å². The molecule has 5 heteroatoms. The molecule has 2 aromatic rings. The third-order valence-electron chi connectivity index (χ3n) is 4.09. The summed E-state index contributed by atoms with van der Waals surface area (Å²) in [6.45, 7) is 0. The van der Waals surface area contributed by atoms with Crippen LogP contribution in [0.3, 0.4) is 0 Å². The van der Waals surface area contributed by atoms with Gasteiger partial charge in [-0.05, 0) is 25.0 Å². The van der Waals surface area contributed by atoms with Gasteiger partial charge in [0.1, 0.15) is 34.9 Å². The van der Waals surface area contributed by atoms with Gasteiger partial charge in [-0.2, -0.15) is 0 Å². The second-order valence-corrected chi connectivity index (χ2v) is 5.38. The topological polar surface area (TPSA) is 57.2 Å². The van der Waals surface area contributed by atoms with Crippen LogP contribution in [0.25, 0.3) is 0 Å². The van der Waals surface area contributed by atoms with E-state index in [1.165, 1.54) is 0 Å². The smallest absolute Gasteiger partial charge is 0.130 e. The van der Waals surface area contributed by atoms with Gasteiger partial charge in [-0.15, -0.1) is 0 Å². The van der Waals surface area contributed by atoms with Crippen LogP contribution in [0.4, 0.5) is 0 Å². The monoisotopic (exact) mass is 316 g/mol. The molecule has 0 amide bonds. The van der Waals surface area contributed by atoms with E-state index in [1.807, 2.05) is 18.2 Å². The number of hydrogen-bond acceptors (Lipinski definition) is 5. The van der Waals surface area contributed by atoms with Gasteiger partial charge in [-0.25, -0.2) is 0 Å². The SMILES string of the molecule is COc1cc(OC)c2c(c1)OC(c1ccc(O)cc1OC)CC2. The molecule has 1 N–H and O–H groups in total. The summed E-state index contributed by atoms with van der Waals surface area (Å²) in [5.74, 6) is 3.01. The number of ether oxygens (including phenoxy) is 4. The van der Waals surface area contributed by atoms with Crippen LogP contribution in [0.5, 0.6) is 28.7 Å². The summed E-state index contributed by atoms with van der Waals surface area (Å²) in [5, 5.41) is 9.61. The van der Waals surface area contributed by atoms with Crippen molar-refractivity contribution in [3.63, 3.8) is 0 Å². The number of aromatic hydroxyl groups is 1. The molecule has 1 unspecified atom stereocenters. The predicted octanol–water partition coefficient (Wildman–Crippen LogP) is 3.48. The van der Waals surface area contributed by atoms with E-state index >= 15 is 0 Å². The number of phenolic OH excluding ortho intramolecular Hbond substituents is 1. The largest absolute Gasteiger partial charge is 0.508 e. The maximum atomic E-state index is 9.61. The van der Waals surface area contributed by atoms with E-state index < -0.39 is 0 Å². The highest BCUT2D eigenvalue weighted by Crippen LogP contribution is 2.44. The molecule has 1 aliphatic rings. The van der Waals surface area contributed by atoms with Gasteiger partial charge in [0.2, 0.25) is 0 Å². The van der Waals surface area contributed by atoms with E-state index in [9.17, 15) is 5.11 Å². The van der Waals surface area contributed by atoms with Crippen molar-refractivity contribution in [1.29, 1.82) is 0 Å². The van der Waals surface area contributed by atoms with Crippen LogP contribution in [0.2, 0.25) is 0 Å². The van der Waals surface area contributed by atoms with E-state index in [1.54, 1.807) is 33.5 Å². The van der Waals surface area contributed by atoms with Crippen molar-refractivity contribution >= 4 is 0 Å². The Bertz CT molecular complexity index is 711. The Morgan fingerprint density at radius 1 is 1.00 bits per heavy atom. The summed E-state index contributed by atoms with van der Waals surface area (Å²) in [6, 6.07) is 8.81. The van der Waals surface area contributed by atoms with E-state index in [0.29, 0.717) is 11.5 Å². The maximum Gasteiger partial charge on any atom is 0.130 e. The first-order valence-electron chi connectivity index (χ1n) is 7.44. The number of fused-ring (bicyclic) bond motifs is 1. The van der Waals surface area contributed by atoms with Gasteiger partial charge in [0.15, 0.2) is 0 Å². The summed E-state index contributed by atoms with van der Waals surface area (Å²) in [7, 11) is 4.84. The molecular weight excluding hydrogens is 296 g/mol. The quantitative estimate of drug-likeness (QED) is 0.936. The van der Waals surface area contributed by atoms with Crippen LogP contribution in [0.1, 0.15) is 23.7 Å². The van der Waals surface area contributed by atoms with Gasteiger partial charge in [0, 0.05) is 29.3 Å². The number of phenols is 1. The normalized spacial score (nSPS) is 16.2. The lowest BCUT2D eigenvalue weighted by Gasteiger charge is -2.28. The molecule has 0 aromatic heterocycles. The first-order chi connectivity index (χ1) is 11.2. The summed E-state index contributed by atoms with van der Waals surface area (Å²) >= 11 is 0. The third-order valence-corrected chi connectivity index (χ3v) is 4.09. The molecule has 23 heavy (non-hydrogen) atoms. The zero-order valence-corrected chi connectivity index (χ0v) is 13.5. The van der Waals surface area contributed by atoms with Gasteiger partial charge < -0.3 is 24.1 Å². The van der Waals surface area contributed by atoms with E-state index in [-0.39, 0.29) is 11.9 Å².